The normalized spacial score (nSPS) is 16.3. The van der Waals surface area contributed by atoms with Gasteiger partial charge in [0.05, 0.1) is 17.6 Å². The molecular formula is C20H22N4OS. The van der Waals surface area contributed by atoms with E-state index in [9.17, 15) is 4.79 Å². The molecular weight excluding hydrogens is 344 g/mol. The largest absolute Gasteiger partial charge is 0.302 e. The van der Waals surface area contributed by atoms with Crippen LogP contribution >= 0.6 is 11.3 Å². The Kier molecular flexibility index (Phi) is 4.84. The van der Waals surface area contributed by atoms with E-state index >= 15 is 0 Å². The Bertz CT molecular complexity index is 900. The molecule has 1 aliphatic rings. The molecule has 5 nitrogen and oxygen atoms in total. The molecule has 0 aliphatic heterocycles. The summed E-state index contributed by atoms with van der Waals surface area (Å²) in [6, 6.07) is 9.97. The minimum absolute atomic E-state index is 0.0107. The number of aryl methyl sites for hydroxylation is 2. The number of thiazole rings is 1. The summed E-state index contributed by atoms with van der Waals surface area (Å²) in [5, 5.41) is 8.08. The monoisotopic (exact) mass is 366 g/mol. The summed E-state index contributed by atoms with van der Waals surface area (Å²) in [5.74, 6) is 0.726. The van der Waals surface area contributed by atoms with E-state index in [1.807, 2.05) is 47.4 Å². The third-order valence-corrected chi connectivity index (χ3v) is 5.77. The molecule has 1 atom stereocenters. The van der Waals surface area contributed by atoms with Gasteiger partial charge in [-0.3, -0.25) is 4.79 Å². The van der Waals surface area contributed by atoms with Crippen LogP contribution in [0.3, 0.4) is 0 Å². The van der Waals surface area contributed by atoms with Gasteiger partial charge < -0.3 is 5.32 Å². The molecule has 1 aliphatic carbocycles. The van der Waals surface area contributed by atoms with Crippen molar-refractivity contribution >= 4 is 22.4 Å². The average Bonchev–Trinajstić information content (AvgIpc) is 3.27. The zero-order valence-corrected chi connectivity index (χ0v) is 15.6. The van der Waals surface area contributed by atoms with Gasteiger partial charge in [0.1, 0.15) is 0 Å². The average molecular weight is 366 g/mol. The van der Waals surface area contributed by atoms with E-state index in [2.05, 4.69) is 22.3 Å². The fraction of sp³-hybridized carbons (Fsp3) is 0.350. The lowest BCUT2D eigenvalue weighted by molar-refractivity contribution is -0.116. The van der Waals surface area contributed by atoms with Gasteiger partial charge in [-0.25, -0.2) is 9.67 Å². The van der Waals surface area contributed by atoms with Crippen LogP contribution in [0.5, 0.6) is 0 Å². The summed E-state index contributed by atoms with van der Waals surface area (Å²) in [7, 11) is 0. The number of carbonyl (C=O) groups excluding carboxylic acids is 1. The van der Waals surface area contributed by atoms with Crippen molar-refractivity contribution < 1.29 is 4.79 Å². The van der Waals surface area contributed by atoms with Gasteiger partial charge >= 0.3 is 0 Å². The second-order valence-corrected chi connectivity index (χ2v) is 8.00. The van der Waals surface area contributed by atoms with Crippen molar-refractivity contribution in [1.82, 2.24) is 14.8 Å². The number of nitrogens with one attached hydrogen (secondary N) is 1. The van der Waals surface area contributed by atoms with Crippen LogP contribution < -0.4 is 5.32 Å². The van der Waals surface area contributed by atoms with Crippen molar-refractivity contribution in [2.45, 2.75) is 39.0 Å². The third-order valence-electron chi connectivity index (χ3n) is 4.73. The first-order valence-electron chi connectivity index (χ1n) is 9.05. The lowest BCUT2D eigenvalue weighted by Gasteiger charge is -2.15. The number of aromatic nitrogens is 3. The number of rotatable bonds is 5. The first kappa shape index (κ1) is 17.0. The highest BCUT2D eigenvalue weighted by Gasteiger charge is 2.20. The molecule has 2 heterocycles. The number of fused-ring (bicyclic) bond motifs is 1. The Morgan fingerprint density at radius 1 is 1.35 bits per heavy atom. The standard InChI is InChI=1S/C20H22N4OS/c1-14-7-9-17-18(11-14)26-20(22-17)23-19(25)10-8-15-12-21-24(13-15)16-5-3-2-4-6-16/h2-6,12-14H,7-11H2,1H3,(H,22,23,25). The second-order valence-electron chi connectivity index (χ2n) is 6.91. The van der Waals surface area contributed by atoms with Gasteiger partial charge in [0.15, 0.2) is 5.13 Å². The van der Waals surface area contributed by atoms with Crippen LogP contribution in [-0.2, 0) is 24.1 Å². The van der Waals surface area contributed by atoms with Crippen molar-refractivity contribution in [3.63, 3.8) is 0 Å². The number of hydrogen-bond donors (Lipinski definition) is 1. The number of benzene rings is 1. The van der Waals surface area contributed by atoms with Crippen molar-refractivity contribution in [3.05, 3.63) is 58.9 Å². The van der Waals surface area contributed by atoms with Gasteiger partial charge in [0, 0.05) is 17.5 Å². The molecule has 2 aromatic heterocycles. The molecule has 134 valence electrons. The highest BCUT2D eigenvalue weighted by Crippen LogP contribution is 2.32. The van der Waals surface area contributed by atoms with E-state index in [0.29, 0.717) is 18.8 Å². The summed E-state index contributed by atoms with van der Waals surface area (Å²) in [6.07, 6.45) is 8.20. The maximum absolute atomic E-state index is 12.3. The maximum Gasteiger partial charge on any atom is 0.226 e. The minimum Gasteiger partial charge on any atom is -0.302 e. The quantitative estimate of drug-likeness (QED) is 0.742. The van der Waals surface area contributed by atoms with E-state index in [-0.39, 0.29) is 5.91 Å². The smallest absolute Gasteiger partial charge is 0.226 e. The van der Waals surface area contributed by atoms with Crippen LogP contribution in [0.25, 0.3) is 5.69 Å². The van der Waals surface area contributed by atoms with Crippen molar-refractivity contribution in [3.8, 4) is 5.69 Å². The molecule has 3 aromatic rings. The van der Waals surface area contributed by atoms with E-state index in [1.165, 1.54) is 17.0 Å². The summed E-state index contributed by atoms with van der Waals surface area (Å²) >= 11 is 1.63. The van der Waals surface area contributed by atoms with Crippen molar-refractivity contribution in [2.24, 2.45) is 5.92 Å². The van der Waals surface area contributed by atoms with Gasteiger partial charge in [-0.15, -0.1) is 11.3 Å². The summed E-state index contributed by atoms with van der Waals surface area (Å²) in [6.45, 7) is 2.27. The zero-order chi connectivity index (χ0) is 17.9. The zero-order valence-electron chi connectivity index (χ0n) is 14.8. The van der Waals surface area contributed by atoms with Crippen LogP contribution in [0, 0.1) is 5.92 Å². The van der Waals surface area contributed by atoms with Gasteiger partial charge in [-0.05, 0) is 49.3 Å². The Hall–Kier alpha value is -2.47. The molecule has 26 heavy (non-hydrogen) atoms. The predicted octanol–water partition coefficient (Wildman–Crippen LogP) is 4.02. The predicted molar refractivity (Wildman–Crippen MR) is 104 cm³/mol. The summed E-state index contributed by atoms with van der Waals surface area (Å²) in [5.41, 5.74) is 3.24. The second kappa shape index (κ2) is 7.41. The first-order valence-corrected chi connectivity index (χ1v) is 9.86. The van der Waals surface area contributed by atoms with Gasteiger partial charge in [0.25, 0.3) is 0 Å². The fourth-order valence-electron chi connectivity index (χ4n) is 3.24. The molecule has 1 N–H and O–H groups in total. The molecule has 0 spiro atoms. The molecule has 0 saturated heterocycles. The third kappa shape index (κ3) is 3.85. The van der Waals surface area contributed by atoms with Crippen molar-refractivity contribution in [1.29, 1.82) is 0 Å². The van der Waals surface area contributed by atoms with Gasteiger partial charge in [-0.2, -0.15) is 5.10 Å². The van der Waals surface area contributed by atoms with E-state index in [1.54, 1.807) is 11.3 Å². The number of nitrogens with zero attached hydrogens (tertiary/aromatic N) is 3. The van der Waals surface area contributed by atoms with E-state index in [0.717, 1.165) is 29.2 Å². The van der Waals surface area contributed by atoms with Crippen molar-refractivity contribution in [2.75, 3.05) is 5.32 Å². The molecule has 6 heteroatoms. The van der Waals surface area contributed by atoms with Gasteiger partial charge in [-0.1, -0.05) is 25.1 Å². The van der Waals surface area contributed by atoms with E-state index < -0.39 is 0 Å². The Labute approximate surface area is 157 Å². The topological polar surface area (TPSA) is 59.8 Å². The number of para-hydroxylation sites is 1. The first-order chi connectivity index (χ1) is 12.7. The lowest BCUT2D eigenvalue weighted by Crippen LogP contribution is -2.12. The highest BCUT2D eigenvalue weighted by atomic mass is 32.1. The Morgan fingerprint density at radius 3 is 3.04 bits per heavy atom. The van der Waals surface area contributed by atoms with Crippen LogP contribution in [0.15, 0.2) is 42.7 Å². The van der Waals surface area contributed by atoms with Crippen LogP contribution in [0.2, 0.25) is 0 Å². The lowest BCUT2D eigenvalue weighted by atomic mass is 9.93. The molecule has 1 unspecified atom stereocenters. The number of amides is 1. The molecule has 1 aromatic carbocycles. The minimum atomic E-state index is 0.0107. The SMILES string of the molecule is CC1CCc2nc(NC(=O)CCc3cnn(-c4ccccc4)c3)sc2C1. The highest BCUT2D eigenvalue weighted by molar-refractivity contribution is 7.15. The fourth-order valence-corrected chi connectivity index (χ4v) is 4.43. The maximum atomic E-state index is 12.3. The van der Waals surface area contributed by atoms with E-state index in [4.69, 9.17) is 0 Å². The molecule has 0 fully saturated rings. The molecule has 1 amide bonds. The summed E-state index contributed by atoms with van der Waals surface area (Å²) in [4.78, 5) is 18.2. The molecule has 0 saturated carbocycles. The summed E-state index contributed by atoms with van der Waals surface area (Å²) < 4.78 is 1.84. The van der Waals surface area contributed by atoms with Crippen LogP contribution in [0.1, 0.15) is 35.9 Å². The van der Waals surface area contributed by atoms with Crippen LogP contribution in [-0.4, -0.2) is 20.7 Å². The number of anilines is 1. The van der Waals surface area contributed by atoms with Crippen LogP contribution in [0.4, 0.5) is 5.13 Å². The molecule has 0 bridgehead atoms. The number of carbonyl (C=O) groups is 1. The van der Waals surface area contributed by atoms with Gasteiger partial charge in [0.2, 0.25) is 5.91 Å². The molecule has 0 radical (unpaired) electrons. The Balaban J connectivity index is 1.33. The molecule has 4 rings (SSSR count). The number of hydrogen-bond acceptors (Lipinski definition) is 4. The Morgan fingerprint density at radius 2 is 2.19 bits per heavy atom.